The van der Waals surface area contributed by atoms with Crippen LogP contribution in [0.25, 0.3) is 0 Å². The normalized spacial score (nSPS) is 23.0. The molecule has 0 bridgehead atoms. The van der Waals surface area contributed by atoms with Crippen LogP contribution in [0.1, 0.15) is 51.6 Å². The molecule has 21 heavy (non-hydrogen) atoms. The summed E-state index contributed by atoms with van der Waals surface area (Å²) in [5.74, 6) is 0.746. The fourth-order valence-electron chi connectivity index (χ4n) is 3.47. The monoisotopic (exact) mass is 308 g/mol. The molecule has 1 N–H and O–H groups in total. The van der Waals surface area contributed by atoms with Crippen LogP contribution in [-0.2, 0) is 0 Å². The summed E-state index contributed by atoms with van der Waals surface area (Å²) in [6, 6.07) is 8.98. The van der Waals surface area contributed by atoms with E-state index in [0.29, 0.717) is 12.1 Å². The standard InChI is InChI=1S/C18H29ClN2/c1-4-11-21-12-7-8-16(13-21)14(2)20-15(3)17-9-5-6-10-18(17)19/h5-6,9-10,14-16,20H,4,7-8,11-13H2,1-3H3/t14?,15-,16?/m0/s1. The number of benzene rings is 1. The molecule has 0 amide bonds. The van der Waals surface area contributed by atoms with Crippen molar-refractivity contribution in [2.45, 2.75) is 52.1 Å². The SMILES string of the molecule is CCCN1CCCC(C(C)N[C@@H](C)c2ccccc2Cl)C1. The first-order chi connectivity index (χ1) is 10.1. The summed E-state index contributed by atoms with van der Waals surface area (Å²) >= 11 is 6.30. The third-order valence-electron chi connectivity index (χ3n) is 4.67. The van der Waals surface area contributed by atoms with E-state index in [1.165, 1.54) is 44.5 Å². The van der Waals surface area contributed by atoms with Crippen molar-refractivity contribution in [3.63, 3.8) is 0 Å². The average molecular weight is 309 g/mol. The summed E-state index contributed by atoms with van der Waals surface area (Å²) in [7, 11) is 0. The maximum atomic E-state index is 6.30. The van der Waals surface area contributed by atoms with Crippen molar-refractivity contribution >= 4 is 11.6 Å². The van der Waals surface area contributed by atoms with Crippen molar-refractivity contribution < 1.29 is 0 Å². The smallest absolute Gasteiger partial charge is 0.0453 e. The van der Waals surface area contributed by atoms with E-state index in [4.69, 9.17) is 11.6 Å². The number of piperidine rings is 1. The first kappa shape index (κ1) is 16.8. The quantitative estimate of drug-likeness (QED) is 0.832. The van der Waals surface area contributed by atoms with Gasteiger partial charge in [-0.15, -0.1) is 0 Å². The van der Waals surface area contributed by atoms with Crippen LogP contribution in [-0.4, -0.2) is 30.6 Å². The molecule has 2 unspecified atom stereocenters. The predicted octanol–water partition coefficient (Wildman–Crippen LogP) is 4.50. The Morgan fingerprint density at radius 2 is 2.10 bits per heavy atom. The van der Waals surface area contributed by atoms with Crippen LogP contribution in [0.5, 0.6) is 0 Å². The first-order valence-corrected chi connectivity index (χ1v) is 8.72. The lowest BCUT2D eigenvalue weighted by Crippen LogP contribution is -2.45. The van der Waals surface area contributed by atoms with E-state index in [9.17, 15) is 0 Å². The largest absolute Gasteiger partial charge is 0.307 e. The molecule has 118 valence electrons. The minimum absolute atomic E-state index is 0.301. The molecular weight excluding hydrogens is 280 g/mol. The van der Waals surface area contributed by atoms with E-state index in [0.717, 1.165) is 10.9 Å². The van der Waals surface area contributed by atoms with Gasteiger partial charge in [0.2, 0.25) is 0 Å². The Morgan fingerprint density at radius 3 is 2.81 bits per heavy atom. The van der Waals surface area contributed by atoms with Crippen LogP contribution >= 0.6 is 11.6 Å². The maximum Gasteiger partial charge on any atom is 0.0453 e. The van der Waals surface area contributed by atoms with E-state index < -0.39 is 0 Å². The molecule has 2 rings (SSSR count). The van der Waals surface area contributed by atoms with Crippen molar-refractivity contribution in [3.05, 3.63) is 34.9 Å². The molecule has 1 saturated heterocycles. The molecule has 1 aromatic carbocycles. The Hall–Kier alpha value is -0.570. The van der Waals surface area contributed by atoms with Crippen LogP contribution in [0, 0.1) is 5.92 Å². The molecule has 0 radical (unpaired) electrons. The molecule has 0 aliphatic carbocycles. The topological polar surface area (TPSA) is 15.3 Å². The summed E-state index contributed by atoms with van der Waals surface area (Å²) in [6.07, 6.45) is 3.92. The van der Waals surface area contributed by atoms with Crippen LogP contribution in [0.15, 0.2) is 24.3 Å². The van der Waals surface area contributed by atoms with Gasteiger partial charge in [-0.25, -0.2) is 0 Å². The van der Waals surface area contributed by atoms with Crippen LogP contribution in [0.3, 0.4) is 0 Å². The highest BCUT2D eigenvalue weighted by Crippen LogP contribution is 2.25. The second-order valence-corrected chi connectivity index (χ2v) is 6.81. The van der Waals surface area contributed by atoms with Gasteiger partial charge in [0.25, 0.3) is 0 Å². The Labute approximate surface area is 134 Å². The van der Waals surface area contributed by atoms with Gasteiger partial charge in [0.15, 0.2) is 0 Å². The third-order valence-corrected chi connectivity index (χ3v) is 5.02. The molecule has 3 heteroatoms. The lowest BCUT2D eigenvalue weighted by molar-refractivity contribution is 0.147. The van der Waals surface area contributed by atoms with Crippen LogP contribution in [0.2, 0.25) is 5.02 Å². The molecule has 1 aliphatic rings. The summed E-state index contributed by atoms with van der Waals surface area (Å²) in [5.41, 5.74) is 1.20. The maximum absolute atomic E-state index is 6.30. The summed E-state index contributed by atoms with van der Waals surface area (Å²) in [5, 5.41) is 4.62. The van der Waals surface area contributed by atoms with Crippen LogP contribution in [0.4, 0.5) is 0 Å². The lowest BCUT2D eigenvalue weighted by Gasteiger charge is -2.37. The van der Waals surface area contributed by atoms with Gasteiger partial charge in [0, 0.05) is 23.7 Å². The van der Waals surface area contributed by atoms with E-state index in [1.807, 2.05) is 12.1 Å². The zero-order valence-corrected chi connectivity index (χ0v) is 14.4. The minimum atomic E-state index is 0.301. The summed E-state index contributed by atoms with van der Waals surface area (Å²) in [6.45, 7) is 10.6. The van der Waals surface area contributed by atoms with E-state index in [-0.39, 0.29) is 0 Å². The second-order valence-electron chi connectivity index (χ2n) is 6.40. The molecule has 2 nitrogen and oxygen atoms in total. The number of nitrogens with one attached hydrogen (secondary N) is 1. The van der Waals surface area contributed by atoms with Gasteiger partial charge in [-0.05, 0) is 63.7 Å². The van der Waals surface area contributed by atoms with Gasteiger partial charge in [0.1, 0.15) is 0 Å². The van der Waals surface area contributed by atoms with E-state index in [2.05, 4.69) is 43.1 Å². The fraction of sp³-hybridized carbons (Fsp3) is 0.667. The number of rotatable bonds is 6. The third kappa shape index (κ3) is 4.70. The highest BCUT2D eigenvalue weighted by Gasteiger charge is 2.25. The number of halogens is 1. The van der Waals surface area contributed by atoms with Gasteiger partial charge in [-0.1, -0.05) is 36.7 Å². The number of nitrogens with zero attached hydrogens (tertiary/aromatic N) is 1. The van der Waals surface area contributed by atoms with Crippen molar-refractivity contribution in [2.75, 3.05) is 19.6 Å². The Balaban J connectivity index is 1.91. The highest BCUT2D eigenvalue weighted by molar-refractivity contribution is 6.31. The Morgan fingerprint density at radius 1 is 1.33 bits per heavy atom. The molecule has 1 fully saturated rings. The molecule has 1 aromatic rings. The zero-order chi connectivity index (χ0) is 15.2. The molecule has 1 heterocycles. The van der Waals surface area contributed by atoms with E-state index >= 15 is 0 Å². The Kier molecular flexibility index (Phi) is 6.53. The van der Waals surface area contributed by atoms with Crippen molar-refractivity contribution in [1.82, 2.24) is 10.2 Å². The first-order valence-electron chi connectivity index (χ1n) is 8.34. The highest BCUT2D eigenvalue weighted by atomic mass is 35.5. The van der Waals surface area contributed by atoms with Gasteiger partial charge in [0.05, 0.1) is 0 Å². The average Bonchev–Trinajstić information content (AvgIpc) is 2.48. The van der Waals surface area contributed by atoms with Crippen molar-refractivity contribution in [3.8, 4) is 0 Å². The minimum Gasteiger partial charge on any atom is -0.307 e. The summed E-state index contributed by atoms with van der Waals surface area (Å²) < 4.78 is 0. The number of hydrogen-bond acceptors (Lipinski definition) is 2. The van der Waals surface area contributed by atoms with Crippen molar-refractivity contribution in [2.24, 2.45) is 5.92 Å². The van der Waals surface area contributed by atoms with Crippen molar-refractivity contribution in [1.29, 1.82) is 0 Å². The number of likely N-dealkylation sites (tertiary alicyclic amines) is 1. The predicted molar refractivity (Wildman–Crippen MR) is 91.9 cm³/mol. The molecule has 1 aliphatic heterocycles. The van der Waals surface area contributed by atoms with Gasteiger partial charge < -0.3 is 10.2 Å². The molecular formula is C18H29ClN2. The molecule has 0 aromatic heterocycles. The lowest BCUT2D eigenvalue weighted by atomic mass is 9.90. The van der Waals surface area contributed by atoms with Gasteiger partial charge >= 0.3 is 0 Å². The Bertz CT molecular complexity index is 433. The summed E-state index contributed by atoms with van der Waals surface area (Å²) in [4.78, 5) is 2.62. The van der Waals surface area contributed by atoms with Crippen LogP contribution < -0.4 is 5.32 Å². The zero-order valence-electron chi connectivity index (χ0n) is 13.6. The van der Waals surface area contributed by atoms with E-state index in [1.54, 1.807) is 0 Å². The molecule has 3 atom stereocenters. The molecule has 0 spiro atoms. The van der Waals surface area contributed by atoms with Gasteiger partial charge in [-0.3, -0.25) is 0 Å². The van der Waals surface area contributed by atoms with Gasteiger partial charge in [-0.2, -0.15) is 0 Å². The number of hydrogen-bond donors (Lipinski definition) is 1. The molecule has 0 saturated carbocycles. The second kappa shape index (κ2) is 8.17. The fourth-order valence-corrected chi connectivity index (χ4v) is 3.76.